The molecule has 0 radical (unpaired) electrons. The Morgan fingerprint density at radius 1 is 1.25 bits per heavy atom. The quantitative estimate of drug-likeness (QED) is 0.721. The summed E-state index contributed by atoms with van der Waals surface area (Å²) in [6, 6.07) is 7.93. The summed E-state index contributed by atoms with van der Waals surface area (Å²) in [6.45, 7) is 3.28. The van der Waals surface area contributed by atoms with E-state index < -0.39 is 0 Å². The van der Waals surface area contributed by atoms with Gasteiger partial charge in [-0.3, -0.25) is 4.79 Å². The van der Waals surface area contributed by atoms with Crippen molar-refractivity contribution in [3.63, 3.8) is 0 Å². The van der Waals surface area contributed by atoms with Crippen molar-refractivity contribution in [2.45, 2.75) is 13.8 Å². The van der Waals surface area contributed by atoms with Gasteiger partial charge in [-0.05, 0) is 31.2 Å². The van der Waals surface area contributed by atoms with Gasteiger partial charge in [-0.1, -0.05) is 11.6 Å². The number of furan rings is 1. The number of carbonyl (C=O) groups is 1. The zero-order chi connectivity index (χ0) is 11.7. The molecule has 0 saturated carbocycles. The predicted molar refractivity (Wildman–Crippen MR) is 58.8 cm³/mol. The van der Waals surface area contributed by atoms with E-state index >= 15 is 0 Å². The smallest absolute Gasteiger partial charge is 0.194 e. The van der Waals surface area contributed by atoms with Crippen LogP contribution in [-0.2, 0) is 0 Å². The predicted octanol–water partition coefficient (Wildman–Crippen LogP) is 3.60. The molecule has 1 aromatic heterocycles. The van der Waals surface area contributed by atoms with Crippen LogP contribution >= 0.6 is 0 Å². The monoisotopic (exact) mass is 218 g/mol. The average Bonchev–Trinajstić information content (AvgIpc) is 2.70. The molecule has 0 spiro atoms. The van der Waals surface area contributed by atoms with Gasteiger partial charge in [-0.25, -0.2) is 4.39 Å². The van der Waals surface area contributed by atoms with Gasteiger partial charge < -0.3 is 4.42 Å². The summed E-state index contributed by atoms with van der Waals surface area (Å²) in [5, 5.41) is 0. The standard InChI is InChI=1S/C13H11FO2/c1-8-3-4-11(14)10(7-8)13-6-5-12(16-13)9(2)15/h3-7H,1-2H3. The Morgan fingerprint density at radius 2 is 2.00 bits per heavy atom. The molecule has 0 bridgehead atoms. The number of rotatable bonds is 2. The van der Waals surface area contributed by atoms with Crippen LogP contribution in [0.1, 0.15) is 23.0 Å². The van der Waals surface area contributed by atoms with Crippen LogP contribution in [-0.4, -0.2) is 5.78 Å². The highest BCUT2D eigenvalue weighted by Crippen LogP contribution is 2.26. The minimum Gasteiger partial charge on any atom is -0.453 e. The van der Waals surface area contributed by atoms with Gasteiger partial charge >= 0.3 is 0 Å². The SMILES string of the molecule is CC(=O)c1ccc(-c2cc(C)ccc2F)o1. The average molecular weight is 218 g/mol. The molecule has 82 valence electrons. The van der Waals surface area contributed by atoms with Gasteiger partial charge in [0.1, 0.15) is 11.6 Å². The summed E-state index contributed by atoms with van der Waals surface area (Å²) < 4.78 is 18.8. The third-order valence-corrected chi connectivity index (χ3v) is 2.34. The molecule has 0 aliphatic rings. The second kappa shape index (κ2) is 3.93. The van der Waals surface area contributed by atoms with Crippen molar-refractivity contribution in [1.29, 1.82) is 0 Å². The fourth-order valence-corrected chi connectivity index (χ4v) is 1.50. The fraction of sp³-hybridized carbons (Fsp3) is 0.154. The van der Waals surface area contributed by atoms with E-state index in [0.29, 0.717) is 11.3 Å². The molecule has 0 saturated heterocycles. The second-order valence-electron chi connectivity index (χ2n) is 3.70. The van der Waals surface area contributed by atoms with Gasteiger partial charge in [0.2, 0.25) is 0 Å². The van der Waals surface area contributed by atoms with E-state index in [9.17, 15) is 9.18 Å². The third kappa shape index (κ3) is 1.89. The van der Waals surface area contributed by atoms with Crippen LogP contribution in [0.5, 0.6) is 0 Å². The van der Waals surface area contributed by atoms with Crippen LogP contribution < -0.4 is 0 Å². The van der Waals surface area contributed by atoms with Crippen LogP contribution in [0.25, 0.3) is 11.3 Å². The first-order valence-corrected chi connectivity index (χ1v) is 4.95. The Morgan fingerprint density at radius 3 is 2.62 bits per heavy atom. The molecular formula is C13H11FO2. The number of Topliss-reactive ketones (excluding diaryl/α,β-unsaturated/α-hetero) is 1. The molecule has 16 heavy (non-hydrogen) atoms. The molecular weight excluding hydrogens is 207 g/mol. The summed E-state index contributed by atoms with van der Waals surface area (Å²) >= 11 is 0. The lowest BCUT2D eigenvalue weighted by atomic mass is 10.1. The van der Waals surface area contributed by atoms with Gasteiger partial charge in [-0.2, -0.15) is 0 Å². The number of benzene rings is 1. The van der Waals surface area contributed by atoms with Crippen LogP contribution in [0.2, 0.25) is 0 Å². The minimum atomic E-state index is -0.352. The lowest BCUT2D eigenvalue weighted by Gasteiger charge is -2.00. The summed E-state index contributed by atoms with van der Waals surface area (Å²) in [4.78, 5) is 11.1. The highest BCUT2D eigenvalue weighted by atomic mass is 19.1. The maximum absolute atomic E-state index is 13.5. The maximum Gasteiger partial charge on any atom is 0.194 e. The van der Waals surface area contributed by atoms with E-state index in [0.717, 1.165) is 5.56 Å². The van der Waals surface area contributed by atoms with Crippen molar-refractivity contribution in [2.75, 3.05) is 0 Å². The van der Waals surface area contributed by atoms with Gasteiger partial charge in [0.05, 0.1) is 5.56 Å². The van der Waals surface area contributed by atoms with Crippen LogP contribution in [0.3, 0.4) is 0 Å². The highest BCUT2D eigenvalue weighted by Gasteiger charge is 2.11. The van der Waals surface area contributed by atoms with Crippen molar-refractivity contribution in [3.8, 4) is 11.3 Å². The Balaban J connectivity index is 2.50. The molecule has 0 aliphatic heterocycles. The molecule has 2 nitrogen and oxygen atoms in total. The molecule has 0 fully saturated rings. The van der Waals surface area contributed by atoms with Crippen LogP contribution in [0.15, 0.2) is 34.7 Å². The lowest BCUT2D eigenvalue weighted by Crippen LogP contribution is -1.87. The number of carbonyl (C=O) groups excluding carboxylic acids is 1. The van der Waals surface area contributed by atoms with E-state index in [1.165, 1.54) is 13.0 Å². The minimum absolute atomic E-state index is 0.167. The first-order valence-electron chi connectivity index (χ1n) is 4.95. The fourth-order valence-electron chi connectivity index (χ4n) is 1.50. The maximum atomic E-state index is 13.5. The summed E-state index contributed by atoms with van der Waals surface area (Å²) in [5.41, 5.74) is 1.32. The molecule has 0 unspecified atom stereocenters. The van der Waals surface area contributed by atoms with Gasteiger partial charge in [0, 0.05) is 6.92 Å². The largest absolute Gasteiger partial charge is 0.453 e. The molecule has 1 heterocycles. The van der Waals surface area contributed by atoms with Crippen LogP contribution in [0, 0.1) is 12.7 Å². The first-order chi connectivity index (χ1) is 7.58. The Kier molecular flexibility index (Phi) is 2.60. The van der Waals surface area contributed by atoms with E-state index in [1.54, 1.807) is 24.3 Å². The highest BCUT2D eigenvalue weighted by molar-refractivity contribution is 5.91. The summed E-state index contributed by atoms with van der Waals surface area (Å²) in [7, 11) is 0. The van der Waals surface area contributed by atoms with Crippen molar-refractivity contribution >= 4 is 5.78 Å². The number of halogens is 1. The number of aryl methyl sites for hydroxylation is 1. The molecule has 0 aliphatic carbocycles. The Bertz CT molecular complexity index is 541. The third-order valence-electron chi connectivity index (χ3n) is 2.34. The van der Waals surface area contributed by atoms with E-state index in [2.05, 4.69) is 0 Å². The molecule has 3 heteroatoms. The molecule has 2 rings (SSSR count). The zero-order valence-electron chi connectivity index (χ0n) is 9.08. The van der Waals surface area contributed by atoms with Crippen molar-refractivity contribution in [2.24, 2.45) is 0 Å². The van der Waals surface area contributed by atoms with E-state index in [-0.39, 0.29) is 17.4 Å². The number of hydrogen-bond acceptors (Lipinski definition) is 2. The van der Waals surface area contributed by atoms with Crippen molar-refractivity contribution in [3.05, 3.63) is 47.5 Å². The molecule has 0 atom stereocenters. The van der Waals surface area contributed by atoms with Crippen molar-refractivity contribution < 1.29 is 13.6 Å². The molecule has 0 N–H and O–H groups in total. The molecule has 1 aromatic carbocycles. The van der Waals surface area contributed by atoms with E-state index in [4.69, 9.17) is 4.42 Å². The topological polar surface area (TPSA) is 30.2 Å². The van der Waals surface area contributed by atoms with Crippen molar-refractivity contribution in [1.82, 2.24) is 0 Å². The summed E-state index contributed by atoms with van der Waals surface area (Å²) in [5.74, 6) is 0.108. The van der Waals surface area contributed by atoms with Gasteiger partial charge in [-0.15, -0.1) is 0 Å². The lowest BCUT2D eigenvalue weighted by molar-refractivity contribution is 0.0988. The number of ketones is 1. The summed E-state index contributed by atoms with van der Waals surface area (Å²) in [6.07, 6.45) is 0. The second-order valence-corrected chi connectivity index (χ2v) is 3.70. The molecule has 2 aromatic rings. The first kappa shape index (κ1) is 10.6. The van der Waals surface area contributed by atoms with Crippen LogP contribution in [0.4, 0.5) is 4.39 Å². The Hall–Kier alpha value is -1.90. The van der Waals surface area contributed by atoms with Gasteiger partial charge in [0.25, 0.3) is 0 Å². The molecule has 0 amide bonds. The van der Waals surface area contributed by atoms with Gasteiger partial charge in [0.15, 0.2) is 11.5 Å². The Labute approximate surface area is 92.7 Å². The number of hydrogen-bond donors (Lipinski definition) is 0. The zero-order valence-corrected chi connectivity index (χ0v) is 9.08. The normalized spacial score (nSPS) is 10.4. The van der Waals surface area contributed by atoms with E-state index in [1.807, 2.05) is 6.92 Å².